The van der Waals surface area contributed by atoms with Crippen LogP contribution in [0.25, 0.3) is 5.82 Å². The van der Waals surface area contributed by atoms with Gasteiger partial charge in [0.15, 0.2) is 5.82 Å². The van der Waals surface area contributed by atoms with Gasteiger partial charge in [0.1, 0.15) is 24.8 Å². The molecular formula is C17H17ClN8O. The predicted molar refractivity (Wildman–Crippen MR) is 101 cm³/mol. The fourth-order valence-corrected chi connectivity index (χ4v) is 3.06. The van der Waals surface area contributed by atoms with E-state index >= 15 is 0 Å². The first-order valence-electron chi connectivity index (χ1n) is 8.42. The minimum absolute atomic E-state index is 0.136. The van der Waals surface area contributed by atoms with Crippen LogP contribution < -0.4 is 10.2 Å². The van der Waals surface area contributed by atoms with Crippen molar-refractivity contribution in [2.24, 2.45) is 0 Å². The van der Waals surface area contributed by atoms with Gasteiger partial charge in [-0.3, -0.25) is 0 Å². The molecule has 4 rings (SSSR count). The predicted octanol–water partition coefficient (Wildman–Crippen LogP) is 2.06. The van der Waals surface area contributed by atoms with Crippen molar-refractivity contribution in [1.82, 2.24) is 29.6 Å². The molecule has 2 aromatic heterocycles. The average molecular weight is 385 g/mol. The number of amides is 2. The number of rotatable bonds is 3. The van der Waals surface area contributed by atoms with Crippen molar-refractivity contribution >= 4 is 29.1 Å². The second-order valence-electron chi connectivity index (χ2n) is 5.99. The Morgan fingerprint density at radius 1 is 1.04 bits per heavy atom. The first-order valence-corrected chi connectivity index (χ1v) is 8.80. The van der Waals surface area contributed by atoms with Crippen LogP contribution in [0.3, 0.4) is 0 Å². The van der Waals surface area contributed by atoms with Crippen molar-refractivity contribution in [3.63, 3.8) is 0 Å². The summed E-state index contributed by atoms with van der Waals surface area (Å²) in [5.41, 5.74) is 0.684. The van der Waals surface area contributed by atoms with Crippen LogP contribution in [-0.4, -0.2) is 61.8 Å². The molecule has 0 radical (unpaired) electrons. The molecule has 10 heteroatoms. The van der Waals surface area contributed by atoms with Gasteiger partial charge < -0.3 is 15.1 Å². The van der Waals surface area contributed by atoms with Crippen LogP contribution in [0.5, 0.6) is 0 Å². The van der Waals surface area contributed by atoms with Crippen LogP contribution in [-0.2, 0) is 0 Å². The van der Waals surface area contributed by atoms with Crippen LogP contribution in [0.4, 0.5) is 16.3 Å². The normalized spacial score (nSPS) is 14.3. The molecule has 1 saturated heterocycles. The van der Waals surface area contributed by atoms with Crippen LogP contribution >= 0.6 is 11.6 Å². The molecule has 1 aliphatic heterocycles. The molecule has 27 heavy (non-hydrogen) atoms. The van der Waals surface area contributed by atoms with Gasteiger partial charge >= 0.3 is 6.03 Å². The highest BCUT2D eigenvalue weighted by Crippen LogP contribution is 2.18. The third-order valence-corrected chi connectivity index (χ3v) is 4.49. The van der Waals surface area contributed by atoms with E-state index in [1.54, 1.807) is 34.1 Å². The number of halogens is 1. The second kappa shape index (κ2) is 7.58. The summed E-state index contributed by atoms with van der Waals surface area (Å²) in [5, 5.41) is 7.54. The van der Waals surface area contributed by atoms with E-state index in [4.69, 9.17) is 11.6 Å². The monoisotopic (exact) mass is 384 g/mol. The average Bonchev–Trinajstić information content (AvgIpc) is 3.23. The highest BCUT2D eigenvalue weighted by atomic mass is 35.5. The van der Waals surface area contributed by atoms with Gasteiger partial charge in [0.2, 0.25) is 0 Å². The lowest BCUT2D eigenvalue weighted by atomic mass is 10.3. The van der Waals surface area contributed by atoms with Crippen LogP contribution in [0, 0.1) is 0 Å². The maximum Gasteiger partial charge on any atom is 0.321 e. The van der Waals surface area contributed by atoms with Gasteiger partial charge in [-0.1, -0.05) is 17.7 Å². The SMILES string of the molecule is O=C(Nc1cccc(Cl)c1)N1CCN(c2cc(-n3cncn3)ncn2)CC1. The summed E-state index contributed by atoms with van der Waals surface area (Å²) in [7, 11) is 0. The summed E-state index contributed by atoms with van der Waals surface area (Å²) in [5.74, 6) is 1.45. The minimum atomic E-state index is -0.136. The molecule has 138 valence electrons. The van der Waals surface area contributed by atoms with Crippen LogP contribution in [0.1, 0.15) is 0 Å². The molecule has 1 aliphatic rings. The van der Waals surface area contributed by atoms with Crippen LogP contribution in [0.15, 0.2) is 49.3 Å². The lowest BCUT2D eigenvalue weighted by Crippen LogP contribution is -2.50. The molecule has 0 bridgehead atoms. The lowest BCUT2D eigenvalue weighted by molar-refractivity contribution is 0.208. The molecule has 0 spiro atoms. The number of nitrogens with zero attached hydrogens (tertiary/aromatic N) is 7. The van der Waals surface area contributed by atoms with E-state index < -0.39 is 0 Å². The van der Waals surface area contributed by atoms with Gasteiger partial charge in [0.05, 0.1) is 0 Å². The fourth-order valence-electron chi connectivity index (χ4n) is 2.87. The first-order chi connectivity index (χ1) is 13.2. The molecule has 0 atom stereocenters. The van der Waals surface area contributed by atoms with Crippen molar-refractivity contribution in [3.05, 3.63) is 54.3 Å². The summed E-state index contributed by atoms with van der Waals surface area (Å²) in [6.45, 7) is 2.54. The lowest BCUT2D eigenvalue weighted by Gasteiger charge is -2.35. The summed E-state index contributed by atoms with van der Waals surface area (Å²) in [6, 6.07) is 8.83. The molecule has 3 heterocycles. The maximum atomic E-state index is 12.4. The Morgan fingerprint density at radius 3 is 2.59 bits per heavy atom. The summed E-state index contributed by atoms with van der Waals surface area (Å²) in [6.07, 6.45) is 4.55. The number of aromatic nitrogens is 5. The van der Waals surface area contributed by atoms with E-state index in [1.165, 1.54) is 12.7 Å². The zero-order valence-corrected chi connectivity index (χ0v) is 15.1. The Hall–Kier alpha value is -3.20. The van der Waals surface area contributed by atoms with Crippen molar-refractivity contribution in [3.8, 4) is 5.82 Å². The number of urea groups is 1. The van der Waals surface area contributed by atoms with E-state index in [2.05, 4.69) is 30.3 Å². The van der Waals surface area contributed by atoms with Crippen LogP contribution in [0.2, 0.25) is 5.02 Å². The fraction of sp³-hybridized carbons (Fsp3) is 0.235. The number of benzene rings is 1. The molecule has 0 unspecified atom stereocenters. The summed E-state index contributed by atoms with van der Waals surface area (Å²) >= 11 is 5.96. The molecular weight excluding hydrogens is 368 g/mol. The standard InChI is InChI=1S/C17H17ClN8O/c18-13-2-1-3-14(8-13)23-17(27)25-6-4-24(5-7-25)15-9-16(21-11-20-15)26-12-19-10-22-26/h1-3,8-12H,4-7H2,(H,23,27). The molecule has 1 N–H and O–H groups in total. The molecule has 1 aromatic carbocycles. The highest BCUT2D eigenvalue weighted by molar-refractivity contribution is 6.30. The van der Waals surface area contributed by atoms with E-state index in [0.29, 0.717) is 42.7 Å². The largest absolute Gasteiger partial charge is 0.353 e. The highest BCUT2D eigenvalue weighted by Gasteiger charge is 2.22. The zero-order chi connectivity index (χ0) is 18.6. The number of hydrogen-bond donors (Lipinski definition) is 1. The van der Waals surface area contributed by atoms with Gasteiger partial charge in [-0.15, -0.1) is 0 Å². The Bertz CT molecular complexity index is 924. The van der Waals surface area contributed by atoms with Gasteiger partial charge in [-0.25, -0.2) is 24.4 Å². The van der Waals surface area contributed by atoms with Crippen molar-refractivity contribution in [1.29, 1.82) is 0 Å². The Morgan fingerprint density at radius 2 is 1.85 bits per heavy atom. The molecule has 9 nitrogen and oxygen atoms in total. The quantitative estimate of drug-likeness (QED) is 0.743. The smallest absolute Gasteiger partial charge is 0.321 e. The van der Waals surface area contributed by atoms with E-state index in [1.807, 2.05) is 12.1 Å². The van der Waals surface area contributed by atoms with Gasteiger partial charge in [0, 0.05) is 43.0 Å². The van der Waals surface area contributed by atoms with Gasteiger partial charge in [-0.2, -0.15) is 5.10 Å². The van der Waals surface area contributed by atoms with Gasteiger partial charge in [-0.05, 0) is 18.2 Å². The summed E-state index contributed by atoms with van der Waals surface area (Å²) in [4.78, 5) is 28.8. The number of piperazine rings is 1. The minimum Gasteiger partial charge on any atom is -0.353 e. The number of carbonyl (C=O) groups is 1. The topological polar surface area (TPSA) is 92.1 Å². The molecule has 0 saturated carbocycles. The third kappa shape index (κ3) is 3.98. The Kier molecular flexibility index (Phi) is 4.84. The zero-order valence-electron chi connectivity index (χ0n) is 14.4. The Balaban J connectivity index is 1.37. The number of hydrogen-bond acceptors (Lipinski definition) is 6. The van der Waals surface area contributed by atoms with E-state index in [9.17, 15) is 4.79 Å². The third-order valence-electron chi connectivity index (χ3n) is 4.26. The Labute approximate surface area is 160 Å². The molecule has 2 amide bonds. The number of nitrogens with one attached hydrogen (secondary N) is 1. The first kappa shape index (κ1) is 17.2. The van der Waals surface area contributed by atoms with Crippen molar-refractivity contribution in [2.45, 2.75) is 0 Å². The number of carbonyl (C=O) groups excluding carboxylic acids is 1. The molecule has 1 fully saturated rings. The van der Waals surface area contributed by atoms with Gasteiger partial charge in [0.25, 0.3) is 0 Å². The maximum absolute atomic E-state index is 12.4. The molecule has 3 aromatic rings. The van der Waals surface area contributed by atoms with E-state index in [0.717, 1.165) is 5.82 Å². The number of anilines is 2. The summed E-state index contributed by atoms with van der Waals surface area (Å²) < 4.78 is 1.58. The van der Waals surface area contributed by atoms with Crippen molar-refractivity contribution < 1.29 is 4.79 Å². The van der Waals surface area contributed by atoms with E-state index in [-0.39, 0.29) is 6.03 Å². The molecule has 0 aliphatic carbocycles. The second-order valence-corrected chi connectivity index (χ2v) is 6.43. The van der Waals surface area contributed by atoms with Crippen molar-refractivity contribution in [2.75, 3.05) is 36.4 Å².